The van der Waals surface area contributed by atoms with Crippen LogP contribution in [0.4, 0.5) is 0 Å². The quantitative estimate of drug-likeness (QED) is 0.629. The molecule has 3 nitrogen and oxygen atoms in total. The van der Waals surface area contributed by atoms with E-state index in [4.69, 9.17) is 15.9 Å². The first-order valence-corrected chi connectivity index (χ1v) is 6.75. The summed E-state index contributed by atoms with van der Waals surface area (Å²) in [5, 5.41) is 3.38. The van der Waals surface area contributed by atoms with Gasteiger partial charge in [0.15, 0.2) is 0 Å². The molecule has 1 atom stereocenters. The summed E-state index contributed by atoms with van der Waals surface area (Å²) in [4.78, 5) is 0. The minimum Gasteiger partial charge on any atom is -0.496 e. The summed E-state index contributed by atoms with van der Waals surface area (Å²) < 4.78 is 11.2. The standard InChI is InChI=1S/C16H21NO2/c1-4-5-6-7-17-11-14-10-16-13(8-12(2)19-16)9-15(14)18-3/h1,9-10,12,17H,5-8,11H2,2-3H3. The van der Waals surface area contributed by atoms with Crippen LogP contribution in [-0.4, -0.2) is 19.8 Å². The van der Waals surface area contributed by atoms with E-state index in [0.717, 1.165) is 49.4 Å². The van der Waals surface area contributed by atoms with Crippen molar-refractivity contribution in [2.24, 2.45) is 0 Å². The number of fused-ring (bicyclic) bond motifs is 1. The molecule has 0 radical (unpaired) electrons. The lowest BCUT2D eigenvalue weighted by atomic mass is 10.1. The van der Waals surface area contributed by atoms with Crippen LogP contribution >= 0.6 is 0 Å². The molecule has 0 saturated carbocycles. The van der Waals surface area contributed by atoms with E-state index in [1.165, 1.54) is 5.56 Å². The zero-order valence-corrected chi connectivity index (χ0v) is 11.7. The van der Waals surface area contributed by atoms with Crippen molar-refractivity contribution in [3.05, 3.63) is 23.3 Å². The van der Waals surface area contributed by atoms with Gasteiger partial charge in [-0.25, -0.2) is 0 Å². The lowest BCUT2D eigenvalue weighted by Crippen LogP contribution is -2.15. The molecule has 1 N–H and O–H groups in total. The molecule has 0 bridgehead atoms. The summed E-state index contributed by atoms with van der Waals surface area (Å²) in [5.41, 5.74) is 2.37. The van der Waals surface area contributed by atoms with Crippen LogP contribution in [0.3, 0.4) is 0 Å². The Morgan fingerprint density at radius 2 is 2.37 bits per heavy atom. The molecule has 3 heteroatoms. The van der Waals surface area contributed by atoms with E-state index in [2.05, 4.69) is 30.3 Å². The van der Waals surface area contributed by atoms with Crippen molar-refractivity contribution in [3.8, 4) is 23.8 Å². The zero-order chi connectivity index (χ0) is 13.7. The second-order valence-electron chi connectivity index (χ2n) is 4.89. The molecule has 0 spiro atoms. The van der Waals surface area contributed by atoms with Crippen molar-refractivity contribution in [2.45, 2.75) is 38.8 Å². The van der Waals surface area contributed by atoms with Crippen LogP contribution in [-0.2, 0) is 13.0 Å². The van der Waals surface area contributed by atoms with Gasteiger partial charge in [0.2, 0.25) is 0 Å². The maximum absolute atomic E-state index is 5.78. The van der Waals surface area contributed by atoms with Gasteiger partial charge >= 0.3 is 0 Å². The van der Waals surface area contributed by atoms with E-state index >= 15 is 0 Å². The van der Waals surface area contributed by atoms with Gasteiger partial charge in [0.1, 0.15) is 17.6 Å². The molecule has 0 aromatic heterocycles. The summed E-state index contributed by atoms with van der Waals surface area (Å²) in [6, 6.07) is 4.18. The SMILES string of the molecule is C#CCCCNCc1cc2c(cc1OC)CC(C)O2. The first-order chi connectivity index (χ1) is 9.24. The third-order valence-electron chi connectivity index (χ3n) is 3.29. The summed E-state index contributed by atoms with van der Waals surface area (Å²) in [6.07, 6.45) is 8.26. The Kier molecular flexibility index (Phi) is 4.70. The van der Waals surface area contributed by atoms with Crippen LogP contribution in [0.15, 0.2) is 12.1 Å². The highest BCUT2D eigenvalue weighted by atomic mass is 16.5. The molecule has 1 heterocycles. The molecule has 1 aliphatic rings. The van der Waals surface area contributed by atoms with Crippen molar-refractivity contribution >= 4 is 0 Å². The normalized spacial score (nSPS) is 16.6. The predicted molar refractivity (Wildman–Crippen MR) is 76.6 cm³/mol. The average molecular weight is 259 g/mol. The van der Waals surface area contributed by atoms with Gasteiger partial charge in [-0.2, -0.15) is 0 Å². The zero-order valence-electron chi connectivity index (χ0n) is 11.7. The van der Waals surface area contributed by atoms with Crippen molar-refractivity contribution in [1.29, 1.82) is 0 Å². The summed E-state index contributed by atoms with van der Waals surface area (Å²) in [7, 11) is 1.71. The molecular weight excluding hydrogens is 238 g/mol. The van der Waals surface area contributed by atoms with Crippen molar-refractivity contribution in [2.75, 3.05) is 13.7 Å². The molecule has 0 amide bonds. The smallest absolute Gasteiger partial charge is 0.123 e. The maximum Gasteiger partial charge on any atom is 0.123 e. The number of unbranched alkanes of at least 4 members (excludes halogenated alkanes) is 1. The van der Waals surface area contributed by atoms with Gasteiger partial charge in [-0.15, -0.1) is 12.3 Å². The van der Waals surface area contributed by atoms with Gasteiger partial charge < -0.3 is 14.8 Å². The monoisotopic (exact) mass is 259 g/mol. The van der Waals surface area contributed by atoms with Gasteiger partial charge in [-0.05, 0) is 32.0 Å². The second-order valence-corrected chi connectivity index (χ2v) is 4.89. The van der Waals surface area contributed by atoms with E-state index in [0.29, 0.717) is 0 Å². The molecule has 0 fully saturated rings. The third-order valence-corrected chi connectivity index (χ3v) is 3.29. The van der Waals surface area contributed by atoms with E-state index < -0.39 is 0 Å². The maximum atomic E-state index is 5.78. The lowest BCUT2D eigenvalue weighted by molar-refractivity contribution is 0.254. The van der Waals surface area contributed by atoms with E-state index in [-0.39, 0.29) is 6.10 Å². The number of benzene rings is 1. The molecule has 102 valence electrons. The van der Waals surface area contributed by atoms with E-state index in [1.807, 2.05) is 0 Å². The van der Waals surface area contributed by atoms with Crippen LogP contribution in [0, 0.1) is 12.3 Å². The van der Waals surface area contributed by atoms with E-state index in [9.17, 15) is 0 Å². The minimum absolute atomic E-state index is 0.263. The number of methoxy groups -OCH3 is 1. The second kappa shape index (κ2) is 6.49. The largest absolute Gasteiger partial charge is 0.496 e. The molecule has 2 rings (SSSR count). The first kappa shape index (κ1) is 13.8. The number of ether oxygens (including phenoxy) is 2. The van der Waals surface area contributed by atoms with Crippen LogP contribution in [0.5, 0.6) is 11.5 Å². The van der Waals surface area contributed by atoms with Crippen LogP contribution < -0.4 is 14.8 Å². The molecule has 0 aliphatic carbocycles. The first-order valence-electron chi connectivity index (χ1n) is 6.75. The fourth-order valence-electron chi connectivity index (χ4n) is 2.35. The number of hydrogen-bond donors (Lipinski definition) is 1. The molecule has 1 aromatic rings. The van der Waals surface area contributed by atoms with Crippen LogP contribution in [0.25, 0.3) is 0 Å². The van der Waals surface area contributed by atoms with Crippen LogP contribution in [0.2, 0.25) is 0 Å². The number of rotatable bonds is 6. The van der Waals surface area contributed by atoms with Crippen molar-refractivity contribution in [3.63, 3.8) is 0 Å². The number of terminal acetylenes is 1. The Balaban J connectivity index is 2.00. The fourth-order valence-corrected chi connectivity index (χ4v) is 2.35. The fraction of sp³-hybridized carbons (Fsp3) is 0.500. The topological polar surface area (TPSA) is 30.5 Å². The minimum atomic E-state index is 0.263. The summed E-state index contributed by atoms with van der Waals surface area (Å²) in [6.45, 7) is 3.78. The van der Waals surface area contributed by atoms with Gasteiger partial charge in [0.05, 0.1) is 7.11 Å². The molecule has 1 aliphatic heterocycles. The predicted octanol–water partition coefficient (Wildman–Crippen LogP) is 2.52. The molecule has 0 saturated heterocycles. The summed E-state index contributed by atoms with van der Waals surface area (Å²) in [5.74, 6) is 4.57. The highest BCUT2D eigenvalue weighted by molar-refractivity contribution is 5.48. The summed E-state index contributed by atoms with van der Waals surface area (Å²) >= 11 is 0. The van der Waals surface area contributed by atoms with Gasteiger partial charge in [0, 0.05) is 30.5 Å². The van der Waals surface area contributed by atoms with Gasteiger partial charge in [-0.1, -0.05) is 0 Å². The van der Waals surface area contributed by atoms with Gasteiger partial charge in [-0.3, -0.25) is 0 Å². The van der Waals surface area contributed by atoms with Crippen molar-refractivity contribution in [1.82, 2.24) is 5.32 Å². The van der Waals surface area contributed by atoms with Gasteiger partial charge in [0.25, 0.3) is 0 Å². The highest BCUT2D eigenvalue weighted by Crippen LogP contribution is 2.34. The number of hydrogen-bond acceptors (Lipinski definition) is 3. The lowest BCUT2D eigenvalue weighted by Gasteiger charge is -2.11. The van der Waals surface area contributed by atoms with E-state index in [1.54, 1.807) is 7.11 Å². The highest BCUT2D eigenvalue weighted by Gasteiger charge is 2.21. The Hall–Kier alpha value is -1.66. The average Bonchev–Trinajstić information content (AvgIpc) is 2.76. The molecule has 1 aromatic carbocycles. The Bertz CT molecular complexity index is 476. The van der Waals surface area contributed by atoms with Crippen molar-refractivity contribution < 1.29 is 9.47 Å². The Morgan fingerprint density at radius 1 is 1.53 bits per heavy atom. The molecule has 1 unspecified atom stereocenters. The Labute approximate surface area is 115 Å². The number of nitrogens with one attached hydrogen (secondary N) is 1. The molecule has 19 heavy (non-hydrogen) atoms. The molecular formula is C16H21NO2. The Morgan fingerprint density at radius 3 is 3.11 bits per heavy atom. The van der Waals surface area contributed by atoms with Crippen LogP contribution in [0.1, 0.15) is 30.9 Å². The third kappa shape index (κ3) is 3.42.